The third kappa shape index (κ3) is 3.95. The van der Waals surface area contributed by atoms with Crippen LogP contribution in [-0.2, 0) is 14.3 Å². The topological polar surface area (TPSA) is 87.7 Å². The maximum Gasteiger partial charge on any atom is 0.414 e. The van der Waals surface area contributed by atoms with E-state index in [1.165, 1.54) is 11.8 Å². The van der Waals surface area contributed by atoms with Crippen molar-refractivity contribution < 1.29 is 19.1 Å². The SMILES string of the molecule is CC(=O)NCC1CN(c2ccc(/C=C3/C(=O)Nc4ccc(Cl)cc43)cc2)C(=O)O1. The number of rotatable bonds is 4. The van der Waals surface area contributed by atoms with Crippen molar-refractivity contribution in [3.05, 3.63) is 58.6 Å². The van der Waals surface area contributed by atoms with Gasteiger partial charge in [0.2, 0.25) is 5.91 Å². The van der Waals surface area contributed by atoms with Crippen LogP contribution in [0, 0.1) is 0 Å². The van der Waals surface area contributed by atoms with Gasteiger partial charge in [-0.25, -0.2) is 4.79 Å². The van der Waals surface area contributed by atoms with Gasteiger partial charge in [-0.3, -0.25) is 14.5 Å². The minimum absolute atomic E-state index is 0.171. The zero-order valence-corrected chi connectivity index (χ0v) is 16.3. The summed E-state index contributed by atoms with van der Waals surface area (Å²) in [6, 6.07) is 12.5. The third-order valence-electron chi connectivity index (χ3n) is 4.73. The fraction of sp³-hybridized carbons (Fsp3) is 0.190. The average Bonchev–Trinajstić information content (AvgIpc) is 3.20. The van der Waals surface area contributed by atoms with E-state index >= 15 is 0 Å². The summed E-state index contributed by atoms with van der Waals surface area (Å²) >= 11 is 6.06. The molecule has 0 aliphatic carbocycles. The van der Waals surface area contributed by atoms with E-state index in [1.54, 1.807) is 36.4 Å². The molecule has 2 heterocycles. The lowest BCUT2D eigenvalue weighted by Crippen LogP contribution is -2.33. The summed E-state index contributed by atoms with van der Waals surface area (Å²) in [7, 11) is 0. The number of hydrogen-bond donors (Lipinski definition) is 2. The van der Waals surface area contributed by atoms with Gasteiger partial charge in [-0.05, 0) is 42.0 Å². The second-order valence-corrected chi connectivity index (χ2v) is 7.28. The van der Waals surface area contributed by atoms with Crippen LogP contribution in [0.25, 0.3) is 11.6 Å². The number of nitrogens with zero attached hydrogens (tertiary/aromatic N) is 1. The number of cyclic esters (lactones) is 1. The van der Waals surface area contributed by atoms with Gasteiger partial charge in [-0.2, -0.15) is 0 Å². The number of ether oxygens (including phenoxy) is 1. The van der Waals surface area contributed by atoms with E-state index in [9.17, 15) is 14.4 Å². The van der Waals surface area contributed by atoms with Crippen LogP contribution in [0.4, 0.5) is 16.2 Å². The molecule has 7 nitrogen and oxygen atoms in total. The maximum absolute atomic E-state index is 12.3. The van der Waals surface area contributed by atoms with Crippen molar-refractivity contribution >= 4 is 52.5 Å². The first kappa shape index (κ1) is 19.0. The number of carbonyl (C=O) groups excluding carboxylic acids is 3. The lowest BCUT2D eigenvalue weighted by atomic mass is 10.0. The van der Waals surface area contributed by atoms with Gasteiger partial charge in [0, 0.05) is 34.5 Å². The highest BCUT2D eigenvalue weighted by Gasteiger charge is 2.32. The molecule has 1 saturated heterocycles. The molecule has 0 radical (unpaired) electrons. The second-order valence-electron chi connectivity index (χ2n) is 6.85. The van der Waals surface area contributed by atoms with Crippen LogP contribution in [0.1, 0.15) is 18.1 Å². The molecule has 8 heteroatoms. The van der Waals surface area contributed by atoms with Gasteiger partial charge < -0.3 is 15.4 Å². The predicted molar refractivity (Wildman–Crippen MR) is 111 cm³/mol. The Balaban J connectivity index is 1.51. The molecule has 1 unspecified atom stereocenters. The normalized spacial score (nSPS) is 19.2. The van der Waals surface area contributed by atoms with Gasteiger partial charge in [-0.15, -0.1) is 0 Å². The van der Waals surface area contributed by atoms with Crippen LogP contribution in [0.2, 0.25) is 5.02 Å². The van der Waals surface area contributed by atoms with E-state index in [0.29, 0.717) is 22.8 Å². The summed E-state index contributed by atoms with van der Waals surface area (Å²) in [5, 5.41) is 6.02. The minimum atomic E-state index is -0.454. The van der Waals surface area contributed by atoms with Gasteiger partial charge in [0.25, 0.3) is 5.91 Å². The molecule has 29 heavy (non-hydrogen) atoms. The van der Waals surface area contributed by atoms with Crippen LogP contribution >= 0.6 is 11.6 Å². The summed E-state index contributed by atoms with van der Waals surface area (Å²) in [6.45, 7) is 2.05. The molecule has 4 rings (SSSR count). The number of benzene rings is 2. The highest BCUT2D eigenvalue weighted by atomic mass is 35.5. The van der Waals surface area contributed by atoms with Crippen molar-refractivity contribution in [1.82, 2.24) is 5.32 Å². The van der Waals surface area contributed by atoms with Crippen LogP contribution < -0.4 is 15.5 Å². The molecule has 2 aromatic rings. The van der Waals surface area contributed by atoms with Gasteiger partial charge in [0.1, 0.15) is 6.10 Å². The zero-order chi connectivity index (χ0) is 20.5. The first-order valence-electron chi connectivity index (χ1n) is 9.06. The van der Waals surface area contributed by atoms with Crippen molar-refractivity contribution in [2.75, 3.05) is 23.3 Å². The minimum Gasteiger partial charge on any atom is -0.442 e. The highest BCUT2D eigenvalue weighted by molar-refractivity contribution is 6.36. The monoisotopic (exact) mass is 411 g/mol. The Morgan fingerprint density at radius 3 is 2.76 bits per heavy atom. The molecule has 1 fully saturated rings. The smallest absolute Gasteiger partial charge is 0.414 e. The lowest BCUT2D eigenvalue weighted by Gasteiger charge is -2.13. The number of amides is 3. The Morgan fingerprint density at radius 2 is 2.03 bits per heavy atom. The lowest BCUT2D eigenvalue weighted by molar-refractivity contribution is -0.119. The van der Waals surface area contributed by atoms with E-state index in [-0.39, 0.29) is 18.4 Å². The van der Waals surface area contributed by atoms with E-state index < -0.39 is 12.2 Å². The summed E-state index contributed by atoms with van der Waals surface area (Å²) in [5.74, 6) is -0.356. The number of halogens is 1. The zero-order valence-electron chi connectivity index (χ0n) is 15.6. The first-order chi connectivity index (χ1) is 13.9. The molecule has 0 bridgehead atoms. The molecule has 2 N–H and O–H groups in total. The molecule has 0 spiro atoms. The molecular weight excluding hydrogens is 394 g/mol. The number of hydrogen-bond acceptors (Lipinski definition) is 4. The van der Waals surface area contributed by atoms with Gasteiger partial charge >= 0.3 is 6.09 Å². The molecule has 1 atom stereocenters. The average molecular weight is 412 g/mol. The fourth-order valence-corrected chi connectivity index (χ4v) is 3.49. The van der Waals surface area contributed by atoms with Crippen molar-refractivity contribution in [2.24, 2.45) is 0 Å². The van der Waals surface area contributed by atoms with E-state index in [4.69, 9.17) is 16.3 Å². The Morgan fingerprint density at radius 1 is 1.28 bits per heavy atom. The second kappa shape index (κ2) is 7.60. The van der Waals surface area contributed by atoms with E-state index in [1.807, 2.05) is 12.1 Å². The summed E-state index contributed by atoms with van der Waals surface area (Å²) in [5.41, 5.74) is 3.52. The van der Waals surface area contributed by atoms with Gasteiger partial charge in [0.15, 0.2) is 0 Å². The van der Waals surface area contributed by atoms with Gasteiger partial charge in [0.05, 0.1) is 13.1 Å². The van der Waals surface area contributed by atoms with Crippen LogP contribution in [0.5, 0.6) is 0 Å². The Hall–Kier alpha value is -3.32. The number of fused-ring (bicyclic) bond motifs is 1. The van der Waals surface area contributed by atoms with Crippen molar-refractivity contribution in [3.63, 3.8) is 0 Å². The summed E-state index contributed by atoms with van der Waals surface area (Å²) in [6.07, 6.45) is 0.935. The number of anilines is 2. The van der Waals surface area contributed by atoms with Crippen LogP contribution in [0.15, 0.2) is 42.5 Å². The standard InChI is InChI=1S/C21H18ClN3O4/c1-12(26)23-10-16-11-25(21(28)29-16)15-5-2-13(3-6-15)8-18-17-9-14(22)4-7-19(17)24-20(18)27/h2-9,16H,10-11H2,1H3,(H,23,26)(H,24,27)/b18-8+. The molecule has 2 aliphatic heterocycles. The summed E-state index contributed by atoms with van der Waals surface area (Å²) in [4.78, 5) is 36.9. The Labute approximate surface area is 172 Å². The molecular formula is C21H18ClN3O4. The summed E-state index contributed by atoms with van der Waals surface area (Å²) < 4.78 is 5.28. The number of carbonyl (C=O) groups is 3. The molecule has 0 aromatic heterocycles. The molecule has 3 amide bonds. The Kier molecular flexibility index (Phi) is 4.98. The molecule has 0 saturated carbocycles. The highest BCUT2D eigenvalue weighted by Crippen LogP contribution is 2.35. The van der Waals surface area contributed by atoms with E-state index in [0.717, 1.165) is 16.8 Å². The van der Waals surface area contributed by atoms with Crippen LogP contribution in [-0.4, -0.2) is 37.1 Å². The molecule has 148 valence electrons. The van der Waals surface area contributed by atoms with Crippen molar-refractivity contribution in [1.29, 1.82) is 0 Å². The third-order valence-corrected chi connectivity index (χ3v) is 4.97. The van der Waals surface area contributed by atoms with Crippen LogP contribution in [0.3, 0.4) is 0 Å². The van der Waals surface area contributed by atoms with Gasteiger partial charge in [-0.1, -0.05) is 23.7 Å². The first-order valence-corrected chi connectivity index (χ1v) is 9.44. The Bertz CT molecular complexity index is 1030. The van der Waals surface area contributed by atoms with Crippen molar-refractivity contribution in [3.8, 4) is 0 Å². The molecule has 2 aromatic carbocycles. The molecule has 2 aliphatic rings. The number of nitrogens with one attached hydrogen (secondary N) is 2. The maximum atomic E-state index is 12.3. The van der Waals surface area contributed by atoms with Crippen molar-refractivity contribution in [2.45, 2.75) is 13.0 Å². The largest absolute Gasteiger partial charge is 0.442 e. The predicted octanol–water partition coefficient (Wildman–Crippen LogP) is 3.29. The van der Waals surface area contributed by atoms with E-state index in [2.05, 4.69) is 10.6 Å². The quantitative estimate of drug-likeness (QED) is 0.756. The fourth-order valence-electron chi connectivity index (χ4n) is 3.32.